The topological polar surface area (TPSA) is 84.3 Å². The molecular weight excluding hydrogens is 296 g/mol. The molecule has 0 aliphatic rings. The fourth-order valence-electron chi connectivity index (χ4n) is 2.24. The van der Waals surface area contributed by atoms with Crippen molar-refractivity contribution >= 4 is 22.8 Å². The van der Waals surface area contributed by atoms with E-state index in [-0.39, 0.29) is 12.6 Å². The highest BCUT2D eigenvalue weighted by Crippen LogP contribution is 2.23. The van der Waals surface area contributed by atoms with Gasteiger partial charge < -0.3 is 19.5 Å². The number of carbonyl (C=O) groups excluding carboxylic acids is 2. The number of hydrogen-bond donors (Lipinski definition) is 2. The number of hydrogen-bond acceptors (Lipinski definition) is 4. The zero-order valence-corrected chi connectivity index (χ0v) is 12.5. The standard InChI is InChI=1S/C17H16N2O4/c1-11(15-9-12-5-2-3-7-14(12)23-15)19-16(20)10-22-17(21)13-6-4-8-18-13/h2-9,11,18H,10H2,1H3,(H,19,20)/t11-/m0/s1. The summed E-state index contributed by atoms with van der Waals surface area (Å²) in [7, 11) is 0. The molecule has 1 aromatic carbocycles. The molecule has 0 fully saturated rings. The second-order valence-corrected chi connectivity index (χ2v) is 5.14. The normalized spacial score (nSPS) is 12.0. The molecule has 2 heterocycles. The fraction of sp³-hybridized carbons (Fsp3) is 0.176. The van der Waals surface area contributed by atoms with Gasteiger partial charge in [0.15, 0.2) is 6.61 Å². The van der Waals surface area contributed by atoms with Gasteiger partial charge in [-0.2, -0.15) is 0 Å². The van der Waals surface area contributed by atoms with Crippen LogP contribution in [-0.2, 0) is 9.53 Å². The number of H-pyrrole nitrogens is 1. The largest absolute Gasteiger partial charge is 0.459 e. The molecule has 2 N–H and O–H groups in total. The number of fused-ring (bicyclic) bond motifs is 1. The third-order valence-corrected chi connectivity index (χ3v) is 3.40. The number of esters is 1. The van der Waals surface area contributed by atoms with E-state index >= 15 is 0 Å². The predicted octanol–water partition coefficient (Wildman–Crippen LogP) is 2.80. The highest BCUT2D eigenvalue weighted by atomic mass is 16.5. The minimum absolute atomic E-state index is 0.308. The first-order chi connectivity index (χ1) is 11.1. The van der Waals surface area contributed by atoms with Crippen molar-refractivity contribution in [3.05, 3.63) is 60.1 Å². The van der Waals surface area contributed by atoms with Crippen LogP contribution in [0.2, 0.25) is 0 Å². The average Bonchev–Trinajstić information content (AvgIpc) is 3.21. The van der Waals surface area contributed by atoms with E-state index in [4.69, 9.17) is 9.15 Å². The molecular formula is C17H16N2O4. The Bertz CT molecular complexity index is 787. The van der Waals surface area contributed by atoms with Gasteiger partial charge in [0.25, 0.3) is 5.91 Å². The molecule has 1 amide bonds. The third-order valence-electron chi connectivity index (χ3n) is 3.40. The van der Waals surface area contributed by atoms with Crippen LogP contribution < -0.4 is 5.32 Å². The molecule has 0 saturated heterocycles. The van der Waals surface area contributed by atoms with E-state index in [2.05, 4.69) is 10.3 Å². The van der Waals surface area contributed by atoms with Crippen molar-refractivity contribution in [2.45, 2.75) is 13.0 Å². The molecule has 23 heavy (non-hydrogen) atoms. The molecule has 6 nitrogen and oxygen atoms in total. The number of benzene rings is 1. The molecule has 3 aromatic rings. The van der Waals surface area contributed by atoms with Crippen LogP contribution in [0.5, 0.6) is 0 Å². The van der Waals surface area contributed by atoms with Gasteiger partial charge in [-0.05, 0) is 31.2 Å². The highest BCUT2D eigenvalue weighted by Gasteiger charge is 2.16. The monoisotopic (exact) mass is 312 g/mol. The summed E-state index contributed by atoms with van der Waals surface area (Å²) in [6.07, 6.45) is 1.61. The predicted molar refractivity (Wildman–Crippen MR) is 83.8 cm³/mol. The molecule has 0 saturated carbocycles. The summed E-state index contributed by atoms with van der Waals surface area (Å²) >= 11 is 0. The number of furan rings is 1. The van der Waals surface area contributed by atoms with E-state index in [9.17, 15) is 9.59 Å². The number of para-hydroxylation sites is 1. The molecule has 3 rings (SSSR count). The van der Waals surface area contributed by atoms with Crippen LogP contribution in [0, 0.1) is 0 Å². The van der Waals surface area contributed by atoms with E-state index in [0.717, 1.165) is 11.0 Å². The Kier molecular flexibility index (Phi) is 4.14. The lowest BCUT2D eigenvalue weighted by molar-refractivity contribution is -0.125. The second-order valence-electron chi connectivity index (χ2n) is 5.14. The number of rotatable bonds is 5. The molecule has 0 spiro atoms. The number of aromatic nitrogens is 1. The van der Waals surface area contributed by atoms with Gasteiger partial charge >= 0.3 is 5.97 Å². The van der Waals surface area contributed by atoms with Gasteiger partial charge in [-0.25, -0.2) is 4.79 Å². The number of amides is 1. The van der Waals surface area contributed by atoms with Crippen molar-refractivity contribution in [1.29, 1.82) is 0 Å². The fourth-order valence-corrected chi connectivity index (χ4v) is 2.24. The molecule has 0 unspecified atom stereocenters. The Balaban J connectivity index is 1.55. The lowest BCUT2D eigenvalue weighted by atomic mass is 10.2. The number of aromatic amines is 1. The van der Waals surface area contributed by atoms with Crippen molar-refractivity contribution in [3.63, 3.8) is 0 Å². The Morgan fingerprint density at radius 2 is 2.09 bits per heavy atom. The summed E-state index contributed by atoms with van der Waals surface area (Å²) in [5.41, 5.74) is 1.07. The zero-order valence-electron chi connectivity index (χ0n) is 12.5. The Hall–Kier alpha value is -3.02. The quantitative estimate of drug-likeness (QED) is 0.710. The Labute approximate surface area is 132 Å². The van der Waals surface area contributed by atoms with Gasteiger partial charge in [-0.3, -0.25) is 4.79 Å². The van der Waals surface area contributed by atoms with Crippen LogP contribution in [0.15, 0.2) is 53.1 Å². The second kappa shape index (κ2) is 6.39. The molecule has 2 aromatic heterocycles. The van der Waals surface area contributed by atoms with E-state index in [1.165, 1.54) is 0 Å². The molecule has 1 atom stereocenters. The van der Waals surface area contributed by atoms with Crippen LogP contribution in [0.25, 0.3) is 11.0 Å². The van der Waals surface area contributed by atoms with Crippen LogP contribution in [-0.4, -0.2) is 23.5 Å². The molecule has 118 valence electrons. The van der Waals surface area contributed by atoms with Gasteiger partial charge in [0, 0.05) is 11.6 Å². The number of nitrogens with one attached hydrogen (secondary N) is 2. The maximum absolute atomic E-state index is 11.9. The van der Waals surface area contributed by atoms with Crippen LogP contribution in [0.1, 0.15) is 29.2 Å². The summed E-state index contributed by atoms with van der Waals surface area (Å²) in [4.78, 5) is 26.2. The van der Waals surface area contributed by atoms with Crippen LogP contribution in [0.4, 0.5) is 0 Å². The summed E-state index contributed by atoms with van der Waals surface area (Å²) < 4.78 is 10.6. The van der Waals surface area contributed by atoms with E-state index in [1.807, 2.05) is 37.3 Å². The summed E-state index contributed by atoms with van der Waals surface area (Å²) in [6.45, 7) is 1.46. The maximum Gasteiger partial charge on any atom is 0.355 e. The lowest BCUT2D eigenvalue weighted by Crippen LogP contribution is -2.31. The molecule has 0 aliphatic carbocycles. The van der Waals surface area contributed by atoms with Crippen molar-refractivity contribution in [3.8, 4) is 0 Å². The number of carbonyl (C=O) groups is 2. The van der Waals surface area contributed by atoms with E-state index < -0.39 is 11.9 Å². The molecule has 6 heteroatoms. The van der Waals surface area contributed by atoms with Gasteiger partial charge in [0.1, 0.15) is 17.0 Å². The maximum atomic E-state index is 11.9. The van der Waals surface area contributed by atoms with Gasteiger partial charge in [-0.1, -0.05) is 18.2 Å². The van der Waals surface area contributed by atoms with Crippen LogP contribution >= 0.6 is 0 Å². The minimum atomic E-state index is -0.568. The average molecular weight is 312 g/mol. The van der Waals surface area contributed by atoms with Crippen molar-refractivity contribution < 1.29 is 18.7 Å². The lowest BCUT2D eigenvalue weighted by Gasteiger charge is -2.11. The Morgan fingerprint density at radius 1 is 1.26 bits per heavy atom. The van der Waals surface area contributed by atoms with E-state index in [0.29, 0.717) is 11.5 Å². The van der Waals surface area contributed by atoms with Crippen molar-refractivity contribution in [2.24, 2.45) is 0 Å². The third kappa shape index (κ3) is 3.42. The summed E-state index contributed by atoms with van der Waals surface area (Å²) in [5, 5.41) is 3.71. The molecule has 0 radical (unpaired) electrons. The minimum Gasteiger partial charge on any atom is -0.459 e. The smallest absolute Gasteiger partial charge is 0.355 e. The zero-order chi connectivity index (χ0) is 16.2. The van der Waals surface area contributed by atoms with Gasteiger partial charge in [0.2, 0.25) is 0 Å². The highest BCUT2D eigenvalue weighted by molar-refractivity contribution is 5.89. The molecule has 0 aliphatic heterocycles. The molecule has 0 bridgehead atoms. The first-order valence-corrected chi connectivity index (χ1v) is 7.22. The van der Waals surface area contributed by atoms with Crippen molar-refractivity contribution in [2.75, 3.05) is 6.61 Å². The number of ether oxygens (including phenoxy) is 1. The first kappa shape index (κ1) is 14.9. The summed E-state index contributed by atoms with van der Waals surface area (Å²) in [6, 6.07) is 12.4. The summed E-state index contributed by atoms with van der Waals surface area (Å²) in [5.74, 6) is -0.311. The van der Waals surface area contributed by atoms with Gasteiger partial charge in [-0.15, -0.1) is 0 Å². The Morgan fingerprint density at radius 3 is 2.83 bits per heavy atom. The first-order valence-electron chi connectivity index (χ1n) is 7.22. The van der Waals surface area contributed by atoms with Crippen molar-refractivity contribution in [1.82, 2.24) is 10.3 Å². The van der Waals surface area contributed by atoms with Gasteiger partial charge in [0.05, 0.1) is 6.04 Å². The van der Waals surface area contributed by atoms with E-state index in [1.54, 1.807) is 18.3 Å². The van der Waals surface area contributed by atoms with Crippen LogP contribution in [0.3, 0.4) is 0 Å². The SMILES string of the molecule is C[C@H](NC(=O)COC(=O)c1ccc[nH]1)c1cc2ccccc2o1.